The number of amides is 1. The molecule has 1 saturated heterocycles. The van der Waals surface area contributed by atoms with E-state index >= 15 is 0 Å². The summed E-state index contributed by atoms with van der Waals surface area (Å²) < 4.78 is 6.89. The van der Waals surface area contributed by atoms with E-state index in [0.717, 1.165) is 56.8 Å². The molecule has 1 aliphatic heterocycles. The van der Waals surface area contributed by atoms with Gasteiger partial charge in [-0.25, -0.2) is 4.68 Å². The van der Waals surface area contributed by atoms with E-state index in [-0.39, 0.29) is 5.91 Å². The third-order valence-electron chi connectivity index (χ3n) is 5.43. The van der Waals surface area contributed by atoms with Crippen LogP contribution < -0.4 is 5.32 Å². The van der Waals surface area contributed by atoms with E-state index in [1.165, 1.54) is 5.56 Å². The van der Waals surface area contributed by atoms with Gasteiger partial charge in [0.15, 0.2) is 0 Å². The Balaban J connectivity index is 1.24. The Morgan fingerprint density at radius 2 is 1.97 bits per heavy atom. The second kappa shape index (κ2) is 9.52. The van der Waals surface area contributed by atoms with Crippen molar-refractivity contribution < 1.29 is 9.32 Å². The van der Waals surface area contributed by atoms with Gasteiger partial charge in [0.2, 0.25) is 5.91 Å². The quantitative estimate of drug-likeness (QED) is 0.632. The van der Waals surface area contributed by atoms with Crippen molar-refractivity contribution in [3.63, 3.8) is 0 Å². The lowest BCUT2D eigenvalue weighted by Gasteiger charge is -2.32. The molecule has 7 heteroatoms. The van der Waals surface area contributed by atoms with Gasteiger partial charge in [0.1, 0.15) is 12.1 Å². The topological polar surface area (TPSA) is 76.2 Å². The Hall–Kier alpha value is -2.93. The van der Waals surface area contributed by atoms with Crippen molar-refractivity contribution in [2.75, 3.05) is 18.4 Å². The van der Waals surface area contributed by atoms with Crippen LogP contribution in [-0.4, -0.2) is 38.8 Å². The van der Waals surface area contributed by atoms with Gasteiger partial charge < -0.3 is 9.84 Å². The lowest BCUT2D eigenvalue weighted by molar-refractivity contribution is -0.116. The minimum atomic E-state index is 0.0474. The van der Waals surface area contributed by atoms with Crippen LogP contribution in [0.25, 0.3) is 0 Å². The summed E-state index contributed by atoms with van der Waals surface area (Å²) in [5.41, 5.74) is 2.23. The van der Waals surface area contributed by atoms with Gasteiger partial charge >= 0.3 is 0 Å². The fourth-order valence-corrected chi connectivity index (χ4v) is 3.88. The summed E-state index contributed by atoms with van der Waals surface area (Å²) in [6, 6.07) is 14.4. The number of anilines is 1. The van der Waals surface area contributed by atoms with Crippen LogP contribution in [0.15, 0.2) is 59.4 Å². The summed E-state index contributed by atoms with van der Waals surface area (Å²) >= 11 is 0. The molecule has 0 unspecified atom stereocenters. The number of aryl methyl sites for hydroxylation is 1. The average Bonchev–Trinajstić information content (AvgIpc) is 3.42. The van der Waals surface area contributed by atoms with Crippen LogP contribution in [0.3, 0.4) is 0 Å². The highest BCUT2D eigenvalue weighted by Gasteiger charge is 2.23. The smallest absolute Gasteiger partial charge is 0.225 e. The first-order valence-electron chi connectivity index (χ1n) is 10.3. The molecule has 1 N–H and O–H groups in total. The summed E-state index contributed by atoms with van der Waals surface area (Å²) in [5, 5.41) is 11.5. The molecule has 0 bridgehead atoms. The number of nitrogens with one attached hydrogen (secondary N) is 1. The number of piperidine rings is 1. The molecular weight excluding hydrogens is 366 g/mol. The number of hydrogen-bond donors (Lipinski definition) is 1. The third kappa shape index (κ3) is 5.32. The molecule has 29 heavy (non-hydrogen) atoms. The Bertz CT molecular complexity index is 883. The van der Waals surface area contributed by atoms with Crippen molar-refractivity contribution in [3.05, 3.63) is 66.2 Å². The average molecular weight is 393 g/mol. The fourth-order valence-electron chi connectivity index (χ4n) is 3.88. The van der Waals surface area contributed by atoms with E-state index in [1.807, 2.05) is 35.0 Å². The predicted molar refractivity (Wildman–Crippen MR) is 110 cm³/mol. The number of likely N-dealkylation sites (tertiary alicyclic amines) is 1. The molecule has 1 fully saturated rings. The van der Waals surface area contributed by atoms with Crippen LogP contribution in [-0.2, 0) is 17.8 Å². The standard InChI is InChI=1S/C22H27N5O2/c28-22(8-4-7-18-5-2-1-3-6-18)24-21-9-13-23-27(21)20-10-14-26(15-11-20)17-19-12-16-29-25-19/h1-3,5-6,9,12-13,16,20H,4,7-8,10-11,14-15,17H2,(H,24,28). The van der Waals surface area contributed by atoms with E-state index < -0.39 is 0 Å². The molecule has 0 spiro atoms. The number of benzene rings is 1. The predicted octanol–water partition coefficient (Wildman–Crippen LogP) is 3.67. The van der Waals surface area contributed by atoms with Crippen LogP contribution in [0.5, 0.6) is 0 Å². The maximum absolute atomic E-state index is 12.4. The van der Waals surface area contributed by atoms with Crippen LogP contribution in [0.4, 0.5) is 5.82 Å². The van der Waals surface area contributed by atoms with Gasteiger partial charge in [-0.3, -0.25) is 9.69 Å². The lowest BCUT2D eigenvalue weighted by atomic mass is 10.1. The first kappa shape index (κ1) is 19.4. The maximum atomic E-state index is 12.4. The second-order valence-corrected chi connectivity index (χ2v) is 7.55. The molecule has 0 saturated carbocycles. The van der Waals surface area contributed by atoms with E-state index in [2.05, 4.69) is 32.6 Å². The van der Waals surface area contributed by atoms with Gasteiger partial charge in [0, 0.05) is 38.2 Å². The van der Waals surface area contributed by atoms with Crippen LogP contribution in [0, 0.1) is 0 Å². The van der Waals surface area contributed by atoms with Crippen molar-refractivity contribution >= 4 is 11.7 Å². The van der Waals surface area contributed by atoms with Gasteiger partial charge in [-0.05, 0) is 31.2 Å². The zero-order valence-electron chi connectivity index (χ0n) is 16.5. The number of hydrogen-bond acceptors (Lipinski definition) is 5. The Morgan fingerprint density at radius 1 is 1.14 bits per heavy atom. The second-order valence-electron chi connectivity index (χ2n) is 7.55. The largest absolute Gasteiger partial charge is 0.364 e. The summed E-state index contributed by atoms with van der Waals surface area (Å²) in [6.45, 7) is 2.76. The molecule has 3 aromatic rings. The molecule has 152 valence electrons. The summed E-state index contributed by atoms with van der Waals surface area (Å²) in [6.07, 6.45) is 7.63. The van der Waals surface area contributed by atoms with Gasteiger partial charge in [-0.15, -0.1) is 0 Å². The van der Waals surface area contributed by atoms with E-state index in [4.69, 9.17) is 4.52 Å². The molecule has 4 rings (SSSR count). The summed E-state index contributed by atoms with van der Waals surface area (Å²) in [4.78, 5) is 14.8. The molecule has 2 aromatic heterocycles. The zero-order chi connectivity index (χ0) is 19.9. The highest BCUT2D eigenvalue weighted by Crippen LogP contribution is 2.26. The van der Waals surface area contributed by atoms with Crippen LogP contribution >= 0.6 is 0 Å². The normalized spacial score (nSPS) is 15.4. The summed E-state index contributed by atoms with van der Waals surface area (Å²) in [7, 11) is 0. The summed E-state index contributed by atoms with van der Waals surface area (Å²) in [5.74, 6) is 0.843. The van der Waals surface area contributed by atoms with Crippen molar-refractivity contribution in [2.45, 2.75) is 44.7 Å². The number of rotatable bonds is 8. The monoisotopic (exact) mass is 393 g/mol. The van der Waals surface area contributed by atoms with Crippen molar-refractivity contribution in [1.29, 1.82) is 0 Å². The minimum Gasteiger partial charge on any atom is -0.364 e. The lowest BCUT2D eigenvalue weighted by Crippen LogP contribution is -2.35. The number of carbonyl (C=O) groups excluding carboxylic acids is 1. The molecule has 0 aliphatic carbocycles. The number of carbonyl (C=O) groups is 1. The Morgan fingerprint density at radius 3 is 2.72 bits per heavy atom. The van der Waals surface area contributed by atoms with Crippen LogP contribution in [0.1, 0.15) is 43.0 Å². The minimum absolute atomic E-state index is 0.0474. The molecular formula is C22H27N5O2. The molecule has 1 aromatic carbocycles. The first-order chi connectivity index (χ1) is 14.3. The zero-order valence-corrected chi connectivity index (χ0v) is 16.5. The van der Waals surface area contributed by atoms with Crippen LogP contribution in [0.2, 0.25) is 0 Å². The molecule has 1 aliphatic rings. The van der Waals surface area contributed by atoms with E-state index in [0.29, 0.717) is 12.5 Å². The molecule has 3 heterocycles. The highest BCUT2D eigenvalue weighted by atomic mass is 16.5. The Labute approximate surface area is 170 Å². The number of aromatic nitrogens is 3. The fraction of sp³-hybridized carbons (Fsp3) is 0.409. The number of nitrogens with zero attached hydrogens (tertiary/aromatic N) is 4. The molecule has 0 atom stereocenters. The Kier molecular flexibility index (Phi) is 6.36. The van der Waals surface area contributed by atoms with Gasteiger partial charge in [-0.1, -0.05) is 35.5 Å². The SMILES string of the molecule is O=C(CCCc1ccccc1)Nc1ccnn1C1CCN(Cc2ccon2)CC1. The molecule has 0 radical (unpaired) electrons. The van der Waals surface area contributed by atoms with Gasteiger partial charge in [-0.2, -0.15) is 5.10 Å². The highest BCUT2D eigenvalue weighted by molar-refractivity contribution is 5.89. The van der Waals surface area contributed by atoms with Crippen molar-refractivity contribution in [1.82, 2.24) is 19.8 Å². The maximum Gasteiger partial charge on any atom is 0.225 e. The third-order valence-corrected chi connectivity index (χ3v) is 5.43. The molecule has 1 amide bonds. The van der Waals surface area contributed by atoms with Gasteiger partial charge in [0.25, 0.3) is 0 Å². The molecule has 7 nitrogen and oxygen atoms in total. The van der Waals surface area contributed by atoms with E-state index in [1.54, 1.807) is 12.5 Å². The van der Waals surface area contributed by atoms with Crippen molar-refractivity contribution in [2.24, 2.45) is 0 Å². The van der Waals surface area contributed by atoms with Crippen molar-refractivity contribution in [3.8, 4) is 0 Å². The van der Waals surface area contributed by atoms with Gasteiger partial charge in [0.05, 0.1) is 17.9 Å². The first-order valence-corrected chi connectivity index (χ1v) is 10.3. The van der Waals surface area contributed by atoms with E-state index in [9.17, 15) is 4.79 Å².